The molecule has 2 N–H and O–H groups in total. The molecule has 10 heavy (non-hydrogen) atoms. The van der Waals surface area contributed by atoms with Crippen LogP contribution in [0.2, 0.25) is 0 Å². The molecule has 0 aromatic rings. The average molecular weight is 177 g/mol. The third-order valence-electron chi connectivity index (χ3n) is 0.815. The molecule has 0 saturated carbocycles. The molecule has 0 radical (unpaired) electrons. The molecule has 6 heteroatoms. The van der Waals surface area contributed by atoms with Crippen LogP contribution in [-0.4, -0.2) is 49.1 Å². The Morgan fingerprint density at radius 1 is 1.50 bits per heavy atom. The molecule has 0 fully saturated rings. The van der Waals surface area contributed by atoms with Gasteiger partial charge in [-0.1, -0.05) is 13.3 Å². The van der Waals surface area contributed by atoms with Gasteiger partial charge in [0.25, 0.3) is 0 Å². The molecule has 0 heterocycles. The second-order valence-corrected chi connectivity index (χ2v) is 2.96. The van der Waals surface area contributed by atoms with Crippen molar-refractivity contribution in [2.45, 2.75) is 19.8 Å². The van der Waals surface area contributed by atoms with E-state index in [1.165, 1.54) is 0 Å². The molecular formula is C4H12NNaO3S. The Kier molecular flexibility index (Phi) is 8.85. The fourth-order valence-corrected chi connectivity index (χ4v) is 0.780. The van der Waals surface area contributed by atoms with Crippen molar-refractivity contribution in [3.05, 3.63) is 0 Å². The first-order chi connectivity index (χ1) is 4.06. The third-order valence-corrected chi connectivity index (χ3v) is 1.38. The van der Waals surface area contributed by atoms with Gasteiger partial charge in [-0.15, -0.1) is 0 Å². The molecule has 0 rings (SSSR count). The van der Waals surface area contributed by atoms with Crippen molar-refractivity contribution in [3.63, 3.8) is 0 Å². The van der Waals surface area contributed by atoms with Crippen molar-refractivity contribution < 1.29 is 13.0 Å². The van der Waals surface area contributed by atoms with E-state index in [1.807, 2.05) is 11.6 Å². The van der Waals surface area contributed by atoms with E-state index in [4.69, 9.17) is 4.55 Å². The first kappa shape index (κ1) is 13.5. The fourth-order valence-electron chi connectivity index (χ4n) is 0.378. The normalized spacial score (nSPS) is 10.6. The molecule has 0 aliphatic heterocycles. The monoisotopic (exact) mass is 177 g/mol. The zero-order valence-electron chi connectivity index (χ0n) is 5.29. The van der Waals surface area contributed by atoms with E-state index in [9.17, 15) is 8.42 Å². The van der Waals surface area contributed by atoms with Crippen LogP contribution in [0.3, 0.4) is 0 Å². The summed E-state index contributed by atoms with van der Waals surface area (Å²) >= 11 is 0. The van der Waals surface area contributed by atoms with Gasteiger partial charge in [0.05, 0.1) is 0 Å². The predicted molar refractivity (Wildman–Crippen MR) is 41.6 cm³/mol. The molecule has 0 bridgehead atoms. The van der Waals surface area contributed by atoms with Gasteiger partial charge in [-0.2, -0.15) is 13.1 Å². The quantitative estimate of drug-likeness (QED) is 0.346. The maximum atomic E-state index is 9.95. The van der Waals surface area contributed by atoms with E-state index in [-0.39, 0.29) is 29.6 Å². The topological polar surface area (TPSA) is 66.4 Å². The molecule has 0 aliphatic rings. The standard InChI is InChI=1S/C4H11NO3S.Na.H/c1-2-3-4-5-9(6,7)8;;/h5H,2-4H2,1H3,(H,6,7,8);;. The minimum absolute atomic E-state index is 0. The number of hydrogen-bond acceptors (Lipinski definition) is 2. The summed E-state index contributed by atoms with van der Waals surface area (Å²) < 4.78 is 30.0. The van der Waals surface area contributed by atoms with E-state index in [1.54, 1.807) is 0 Å². The van der Waals surface area contributed by atoms with Gasteiger partial charge in [0.2, 0.25) is 0 Å². The minimum atomic E-state index is -3.95. The SMILES string of the molecule is CCCCNS(=O)(=O)O.[NaH]. The summed E-state index contributed by atoms with van der Waals surface area (Å²) in [4.78, 5) is 0. The van der Waals surface area contributed by atoms with E-state index in [0.29, 0.717) is 6.54 Å². The van der Waals surface area contributed by atoms with Gasteiger partial charge in [0.15, 0.2) is 0 Å². The van der Waals surface area contributed by atoms with Gasteiger partial charge in [-0.25, -0.2) is 0 Å². The summed E-state index contributed by atoms with van der Waals surface area (Å²) in [5.74, 6) is 0. The molecule has 0 aliphatic carbocycles. The van der Waals surface area contributed by atoms with E-state index >= 15 is 0 Å². The predicted octanol–water partition coefficient (Wildman–Crippen LogP) is -0.470. The summed E-state index contributed by atoms with van der Waals surface area (Å²) in [5, 5.41) is 0. The van der Waals surface area contributed by atoms with Crippen molar-refractivity contribution in [1.29, 1.82) is 0 Å². The third kappa shape index (κ3) is 11.6. The number of rotatable bonds is 4. The second kappa shape index (κ2) is 6.57. The van der Waals surface area contributed by atoms with Crippen LogP contribution in [0.4, 0.5) is 0 Å². The second-order valence-electron chi connectivity index (χ2n) is 1.72. The van der Waals surface area contributed by atoms with Crippen LogP contribution in [-0.2, 0) is 10.3 Å². The van der Waals surface area contributed by atoms with Gasteiger partial charge >= 0.3 is 39.9 Å². The number of hydrogen-bond donors (Lipinski definition) is 2. The molecule has 4 nitrogen and oxygen atoms in total. The fraction of sp³-hybridized carbons (Fsp3) is 1.00. The summed E-state index contributed by atoms with van der Waals surface area (Å²) in [6.45, 7) is 2.25. The Morgan fingerprint density at radius 3 is 2.30 bits per heavy atom. The van der Waals surface area contributed by atoms with Gasteiger partial charge in [0, 0.05) is 6.54 Å². The Morgan fingerprint density at radius 2 is 2.00 bits per heavy atom. The van der Waals surface area contributed by atoms with Gasteiger partial charge in [-0.3, -0.25) is 4.55 Å². The molecule has 0 spiro atoms. The average Bonchev–Trinajstić information content (AvgIpc) is 1.63. The van der Waals surface area contributed by atoms with Crippen molar-refractivity contribution >= 4 is 39.9 Å². The van der Waals surface area contributed by atoms with Crippen LogP contribution in [0.15, 0.2) is 0 Å². The molecule has 58 valence electrons. The van der Waals surface area contributed by atoms with Crippen LogP contribution in [0, 0.1) is 0 Å². The molecule has 0 saturated heterocycles. The van der Waals surface area contributed by atoms with Crippen LogP contribution in [0.25, 0.3) is 0 Å². The molecule has 0 atom stereocenters. The van der Waals surface area contributed by atoms with Crippen molar-refractivity contribution in [3.8, 4) is 0 Å². The first-order valence-electron chi connectivity index (χ1n) is 2.78. The summed E-state index contributed by atoms with van der Waals surface area (Å²) in [6, 6.07) is 0. The van der Waals surface area contributed by atoms with Crippen LogP contribution >= 0.6 is 0 Å². The van der Waals surface area contributed by atoms with E-state index in [2.05, 4.69) is 0 Å². The molecule has 0 unspecified atom stereocenters. The molecular weight excluding hydrogens is 165 g/mol. The Balaban J connectivity index is 0. The summed E-state index contributed by atoms with van der Waals surface area (Å²) in [6.07, 6.45) is 1.66. The first-order valence-corrected chi connectivity index (χ1v) is 4.22. The van der Waals surface area contributed by atoms with Crippen molar-refractivity contribution in [2.24, 2.45) is 0 Å². The van der Waals surface area contributed by atoms with E-state index in [0.717, 1.165) is 12.8 Å². The zero-order valence-corrected chi connectivity index (χ0v) is 6.11. The van der Waals surface area contributed by atoms with Crippen molar-refractivity contribution in [1.82, 2.24) is 4.72 Å². The molecule has 0 aromatic carbocycles. The Bertz CT molecular complexity index is 156. The summed E-state index contributed by atoms with van der Waals surface area (Å²) in [7, 11) is -3.95. The van der Waals surface area contributed by atoms with Crippen LogP contribution < -0.4 is 4.72 Å². The van der Waals surface area contributed by atoms with E-state index < -0.39 is 10.3 Å². The maximum absolute atomic E-state index is 9.95. The van der Waals surface area contributed by atoms with Crippen LogP contribution in [0.1, 0.15) is 19.8 Å². The molecule has 0 amide bonds. The van der Waals surface area contributed by atoms with Gasteiger partial charge in [0.1, 0.15) is 0 Å². The van der Waals surface area contributed by atoms with Gasteiger partial charge in [-0.05, 0) is 6.42 Å². The van der Waals surface area contributed by atoms with Crippen LogP contribution in [0.5, 0.6) is 0 Å². The summed E-state index contributed by atoms with van der Waals surface area (Å²) in [5.41, 5.74) is 0. The zero-order chi connectivity index (χ0) is 7.33. The Labute approximate surface area is 83.6 Å². The number of unbranched alkanes of at least 4 members (excludes halogenated alkanes) is 1. The van der Waals surface area contributed by atoms with Gasteiger partial charge < -0.3 is 0 Å². The Hall–Kier alpha value is 0.870. The number of nitrogens with one attached hydrogen (secondary N) is 1. The molecule has 0 aromatic heterocycles. The van der Waals surface area contributed by atoms with Crippen molar-refractivity contribution in [2.75, 3.05) is 6.54 Å².